The van der Waals surface area contributed by atoms with Crippen LogP contribution in [-0.4, -0.2) is 48.7 Å². The molecule has 1 saturated heterocycles. The summed E-state index contributed by atoms with van der Waals surface area (Å²) in [5.74, 6) is 2.57. The third-order valence-corrected chi connectivity index (χ3v) is 5.40. The van der Waals surface area contributed by atoms with Crippen molar-refractivity contribution in [1.29, 1.82) is 0 Å². The zero-order chi connectivity index (χ0) is 21.5. The minimum atomic E-state index is 0.319. The fourth-order valence-electron chi connectivity index (χ4n) is 3.86. The van der Waals surface area contributed by atoms with Crippen molar-refractivity contribution >= 4 is 11.6 Å². The van der Waals surface area contributed by atoms with E-state index < -0.39 is 0 Å². The Morgan fingerprint density at radius 1 is 1.19 bits per heavy atom. The Bertz CT molecular complexity index is 1000. The molecule has 1 fully saturated rings. The molecule has 1 atom stereocenters. The number of rotatable bonds is 7. The first-order valence-electron chi connectivity index (χ1n) is 10.8. The quantitative estimate of drug-likeness (QED) is 0.405. The lowest BCUT2D eigenvalue weighted by Gasteiger charge is -2.22. The molecule has 1 aliphatic heterocycles. The van der Waals surface area contributed by atoms with E-state index in [0.717, 1.165) is 60.5 Å². The van der Waals surface area contributed by atoms with Crippen molar-refractivity contribution in [1.82, 2.24) is 20.6 Å². The molecule has 162 valence electrons. The van der Waals surface area contributed by atoms with Crippen LogP contribution in [0.15, 0.2) is 65.8 Å². The molecular formula is C24H30N6O. The van der Waals surface area contributed by atoms with Crippen LogP contribution in [0.5, 0.6) is 5.75 Å². The van der Waals surface area contributed by atoms with Gasteiger partial charge in [-0.15, -0.1) is 0 Å². The van der Waals surface area contributed by atoms with Gasteiger partial charge in [0.1, 0.15) is 18.1 Å². The molecule has 4 rings (SSSR count). The second-order valence-electron chi connectivity index (χ2n) is 7.55. The van der Waals surface area contributed by atoms with E-state index in [1.165, 1.54) is 0 Å². The van der Waals surface area contributed by atoms with Crippen molar-refractivity contribution in [2.45, 2.75) is 25.9 Å². The lowest BCUT2D eigenvalue weighted by atomic mass is 10.2. The maximum Gasteiger partial charge on any atom is 0.191 e. The van der Waals surface area contributed by atoms with Gasteiger partial charge >= 0.3 is 0 Å². The van der Waals surface area contributed by atoms with Crippen LogP contribution in [0.25, 0.3) is 11.3 Å². The third-order valence-electron chi connectivity index (χ3n) is 5.40. The highest BCUT2D eigenvalue weighted by Crippen LogP contribution is 2.30. The van der Waals surface area contributed by atoms with Crippen LogP contribution in [0, 0.1) is 0 Å². The number of hydrogen-bond donors (Lipinski definition) is 3. The van der Waals surface area contributed by atoms with E-state index in [-0.39, 0.29) is 0 Å². The number of benzene rings is 2. The predicted molar refractivity (Wildman–Crippen MR) is 126 cm³/mol. The van der Waals surface area contributed by atoms with Crippen molar-refractivity contribution in [3.8, 4) is 17.0 Å². The summed E-state index contributed by atoms with van der Waals surface area (Å²) in [4.78, 5) is 15.0. The summed E-state index contributed by atoms with van der Waals surface area (Å²) in [6.45, 7) is 5.26. The van der Waals surface area contributed by atoms with Gasteiger partial charge in [-0.05, 0) is 31.0 Å². The summed E-state index contributed by atoms with van der Waals surface area (Å²) in [5.41, 5.74) is 3.27. The zero-order valence-corrected chi connectivity index (χ0v) is 18.1. The Morgan fingerprint density at radius 3 is 2.81 bits per heavy atom. The van der Waals surface area contributed by atoms with Crippen LogP contribution in [-0.2, 0) is 6.54 Å². The van der Waals surface area contributed by atoms with E-state index in [0.29, 0.717) is 12.6 Å². The van der Waals surface area contributed by atoms with Crippen molar-refractivity contribution in [2.24, 2.45) is 4.99 Å². The summed E-state index contributed by atoms with van der Waals surface area (Å²) in [6, 6.07) is 18.7. The van der Waals surface area contributed by atoms with Gasteiger partial charge in [0.15, 0.2) is 5.96 Å². The highest BCUT2D eigenvalue weighted by atomic mass is 16.5. The second kappa shape index (κ2) is 10.0. The number of anilines is 1. The number of para-hydroxylation sites is 2. The number of aliphatic imine (C=N–C) groups is 1. The first-order chi connectivity index (χ1) is 15.3. The van der Waals surface area contributed by atoms with Gasteiger partial charge in [0.25, 0.3) is 0 Å². The largest absolute Gasteiger partial charge is 0.495 e. The molecule has 31 heavy (non-hydrogen) atoms. The highest BCUT2D eigenvalue weighted by Gasteiger charge is 2.25. The lowest BCUT2D eigenvalue weighted by Crippen LogP contribution is -2.44. The van der Waals surface area contributed by atoms with Gasteiger partial charge in [0.05, 0.1) is 24.7 Å². The van der Waals surface area contributed by atoms with Gasteiger partial charge in [-0.1, -0.05) is 42.5 Å². The van der Waals surface area contributed by atoms with Crippen LogP contribution in [0.1, 0.15) is 19.2 Å². The van der Waals surface area contributed by atoms with Crippen molar-refractivity contribution in [2.75, 3.05) is 31.6 Å². The molecule has 3 N–H and O–H groups in total. The highest BCUT2D eigenvalue weighted by molar-refractivity contribution is 5.80. The summed E-state index contributed by atoms with van der Waals surface area (Å²) in [6.07, 6.45) is 2.91. The van der Waals surface area contributed by atoms with Crippen LogP contribution < -0.4 is 20.3 Å². The number of guanidine groups is 1. The average molecular weight is 419 g/mol. The number of imidazole rings is 1. The SMILES string of the molecule is CCNC(=NCc1ncc(-c2ccccc2)[nH]1)NC1CCN(c2ccccc2OC)C1. The minimum Gasteiger partial charge on any atom is -0.495 e. The van der Waals surface area contributed by atoms with Gasteiger partial charge in [-0.25, -0.2) is 9.98 Å². The van der Waals surface area contributed by atoms with Gasteiger partial charge in [0.2, 0.25) is 0 Å². The zero-order valence-electron chi connectivity index (χ0n) is 18.1. The van der Waals surface area contributed by atoms with E-state index in [1.807, 2.05) is 36.5 Å². The number of aromatic nitrogens is 2. The molecule has 0 spiro atoms. The number of nitrogens with zero attached hydrogens (tertiary/aromatic N) is 3. The molecule has 2 aromatic carbocycles. The standard InChI is InChI=1S/C24H30N6O/c1-3-25-24(27-16-23-26-15-20(29-23)18-9-5-4-6-10-18)28-19-13-14-30(17-19)21-11-7-8-12-22(21)31-2/h4-12,15,19H,3,13-14,16-17H2,1-2H3,(H,26,29)(H2,25,27,28). The van der Waals surface area contributed by atoms with Gasteiger partial charge in [0, 0.05) is 25.7 Å². The fraction of sp³-hybridized carbons (Fsp3) is 0.333. The molecule has 3 aromatic rings. The molecule has 1 aromatic heterocycles. The first-order valence-corrected chi connectivity index (χ1v) is 10.8. The maximum atomic E-state index is 5.53. The Balaban J connectivity index is 1.38. The molecule has 2 heterocycles. The van der Waals surface area contributed by atoms with E-state index in [1.54, 1.807) is 7.11 Å². The van der Waals surface area contributed by atoms with Crippen LogP contribution in [0.3, 0.4) is 0 Å². The predicted octanol–water partition coefficient (Wildman–Crippen LogP) is 3.42. The fourth-order valence-corrected chi connectivity index (χ4v) is 3.86. The van der Waals surface area contributed by atoms with Crippen molar-refractivity contribution in [3.05, 3.63) is 66.6 Å². The van der Waals surface area contributed by atoms with Crippen LogP contribution in [0.4, 0.5) is 5.69 Å². The molecule has 0 radical (unpaired) electrons. The number of aromatic amines is 1. The molecule has 0 bridgehead atoms. The van der Waals surface area contributed by atoms with Crippen molar-refractivity contribution < 1.29 is 4.74 Å². The molecule has 1 unspecified atom stereocenters. The third kappa shape index (κ3) is 5.17. The van der Waals surface area contributed by atoms with E-state index in [9.17, 15) is 0 Å². The van der Waals surface area contributed by atoms with Gasteiger partial charge in [-0.3, -0.25) is 0 Å². The average Bonchev–Trinajstić information content (AvgIpc) is 3.48. The van der Waals surface area contributed by atoms with Gasteiger partial charge < -0.3 is 25.3 Å². The lowest BCUT2D eigenvalue weighted by molar-refractivity contribution is 0.415. The van der Waals surface area contributed by atoms with E-state index >= 15 is 0 Å². The van der Waals surface area contributed by atoms with Crippen molar-refractivity contribution in [3.63, 3.8) is 0 Å². The molecule has 7 heteroatoms. The number of hydrogen-bond acceptors (Lipinski definition) is 4. The molecular weight excluding hydrogens is 388 g/mol. The molecule has 0 amide bonds. The Kier molecular flexibility index (Phi) is 6.72. The summed E-state index contributed by atoms with van der Waals surface area (Å²) >= 11 is 0. The van der Waals surface area contributed by atoms with E-state index in [2.05, 4.69) is 56.7 Å². The number of H-pyrrole nitrogens is 1. The summed E-state index contributed by atoms with van der Waals surface area (Å²) in [7, 11) is 1.72. The normalized spacial score (nSPS) is 16.4. The number of nitrogens with one attached hydrogen (secondary N) is 3. The first kappa shape index (κ1) is 20.8. The van der Waals surface area contributed by atoms with Crippen LogP contribution >= 0.6 is 0 Å². The summed E-state index contributed by atoms with van der Waals surface area (Å²) < 4.78 is 5.53. The molecule has 0 saturated carbocycles. The number of ether oxygens (including phenoxy) is 1. The Morgan fingerprint density at radius 2 is 2.00 bits per heavy atom. The van der Waals surface area contributed by atoms with Crippen LogP contribution in [0.2, 0.25) is 0 Å². The Hall–Kier alpha value is -3.48. The maximum absolute atomic E-state index is 5.53. The smallest absolute Gasteiger partial charge is 0.191 e. The molecule has 0 aliphatic carbocycles. The number of methoxy groups -OCH3 is 1. The minimum absolute atomic E-state index is 0.319. The van der Waals surface area contributed by atoms with Gasteiger partial charge in [-0.2, -0.15) is 0 Å². The topological polar surface area (TPSA) is 77.6 Å². The second-order valence-corrected chi connectivity index (χ2v) is 7.55. The Labute approximate surface area is 183 Å². The molecule has 1 aliphatic rings. The molecule has 7 nitrogen and oxygen atoms in total. The van der Waals surface area contributed by atoms with E-state index in [4.69, 9.17) is 9.73 Å². The monoisotopic (exact) mass is 418 g/mol. The summed E-state index contributed by atoms with van der Waals surface area (Å²) in [5, 5.41) is 6.93.